The molecule has 4 fully saturated rings. The van der Waals surface area contributed by atoms with Gasteiger partial charge in [0.15, 0.2) is 23.9 Å². The zero-order chi connectivity index (χ0) is 43.8. The van der Waals surface area contributed by atoms with Gasteiger partial charge in [-0.3, -0.25) is 14.4 Å². The summed E-state index contributed by atoms with van der Waals surface area (Å²) < 4.78 is 45.8. The zero-order valence-corrected chi connectivity index (χ0v) is 35.0. The summed E-state index contributed by atoms with van der Waals surface area (Å²) in [7, 11) is 1.42. The molecule has 3 aromatic heterocycles. The van der Waals surface area contributed by atoms with Gasteiger partial charge in [-0.05, 0) is 30.3 Å². The fourth-order valence-corrected chi connectivity index (χ4v) is 9.24. The molecule has 4 N–H and O–H groups in total. The zero-order valence-electron chi connectivity index (χ0n) is 34.2. The number of hydrogen-bond donors (Lipinski definition) is 4. The highest BCUT2D eigenvalue weighted by molar-refractivity contribution is 6.34. The second-order valence-corrected chi connectivity index (χ2v) is 17.0. The van der Waals surface area contributed by atoms with E-state index in [4.69, 9.17) is 11.6 Å². The van der Waals surface area contributed by atoms with E-state index >= 15 is 0 Å². The van der Waals surface area contributed by atoms with Crippen LogP contribution >= 0.6 is 11.6 Å². The number of hydrogen-bond acceptors (Lipinski definition) is 10. The number of aromatic nitrogens is 5. The Balaban J connectivity index is 0.875. The molecule has 8 rings (SSSR count). The summed E-state index contributed by atoms with van der Waals surface area (Å²) in [6, 6.07) is 7.79. The van der Waals surface area contributed by atoms with Gasteiger partial charge >= 0.3 is 12.1 Å². The lowest BCUT2D eigenvalue weighted by molar-refractivity contribution is -0.929. The number of carbonyl (C=O) groups excluding carboxylic acids is 3. The number of carboxylic acid groups (broad SMARTS) is 1. The normalized spacial score (nSPS) is 21.1. The predicted octanol–water partition coefficient (Wildman–Crippen LogP) is 2.82. The number of pyridine rings is 1. The van der Waals surface area contributed by atoms with Gasteiger partial charge in [0.05, 0.1) is 59.6 Å². The molecule has 4 aliphatic heterocycles. The van der Waals surface area contributed by atoms with E-state index in [1.54, 1.807) is 28.1 Å². The third kappa shape index (κ3) is 9.13. The van der Waals surface area contributed by atoms with Crippen molar-refractivity contribution < 1.29 is 41.9 Å². The van der Waals surface area contributed by atoms with E-state index in [-0.39, 0.29) is 63.5 Å². The molecule has 0 aliphatic carbocycles. The number of aliphatic carboxylic acids is 1. The van der Waals surface area contributed by atoms with Crippen molar-refractivity contribution in [1.82, 2.24) is 44.7 Å². The lowest BCUT2D eigenvalue weighted by Gasteiger charge is -2.46. The number of quaternary nitrogens is 1. The summed E-state index contributed by atoms with van der Waals surface area (Å²) in [6.07, 6.45) is 0.413. The minimum Gasteiger partial charge on any atom is -0.477 e. The first-order valence-electron chi connectivity index (χ1n) is 20.8. The molecule has 0 unspecified atom stereocenters. The number of carbonyl (C=O) groups is 4. The average Bonchev–Trinajstić information content (AvgIpc) is 3.87. The summed E-state index contributed by atoms with van der Waals surface area (Å²) in [5.74, 6) is -1.56. The molecular formula is C41H49ClF3N12O5+. The van der Waals surface area contributed by atoms with Gasteiger partial charge in [0.2, 0.25) is 5.91 Å². The smallest absolute Gasteiger partial charge is 0.435 e. The van der Waals surface area contributed by atoms with Crippen LogP contribution in [0, 0.1) is 11.8 Å². The van der Waals surface area contributed by atoms with E-state index in [0.717, 1.165) is 56.2 Å². The molecule has 17 nitrogen and oxygen atoms in total. The van der Waals surface area contributed by atoms with Crippen LogP contribution in [0.2, 0.25) is 5.02 Å². The highest BCUT2D eigenvalue weighted by Gasteiger charge is 2.43. The maximum atomic E-state index is 14.3. The van der Waals surface area contributed by atoms with Crippen molar-refractivity contribution in [3.63, 3.8) is 0 Å². The fraction of sp³-hybridized carbons (Fsp3) is 0.488. The molecule has 0 saturated carbocycles. The Labute approximate surface area is 360 Å². The first-order valence-corrected chi connectivity index (χ1v) is 21.1. The van der Waals surface area contributed by atoms with Crippen LogP contribution in [0.4, 0.5) is 24.5 Å². The molecule has 1 aromatic carbocycles. The van der Waals surface area contributed by atoms with E-state index in [0.29, 0.717) is 62.5 Å². The van der Waals surface area contributed by atoms with Crippen LogP contribution in [-0.4, -0.2) is 159 Å². The number of benzene rings is 1. The first kappa shape index (κ1) is 43.1. The molecule has 3 amide bonds. The average molecular weight is 882 g/mol. The second-order valence-electron chi connectivity index (χ2n) is 16.6. The SMILES string of the molecule is Cn1c(-c2cn(-c3ccc(N4CCNCC4)cn3)nc2C(F)(F)F)cnc1C(=O)Nc1ccc(C(=O)N2CCN(C(=O)C3CC[N+](CC(=O)O)(CC4CNC4)CC3)CC2)c(Cl)c1. The molecule has 0 bridgehead atoms. The number of amides is 3. The number of piperidine rings is 1. The van der Waals surface area contributed by atoms with Gasteiger partial charge in [-0.15, -0.1) is 0 Å². The van der Waals surface area contributed by atoms with Crippen LogP contribution in [0.5, 0.6) is 0 Å². The highest BCUT2D eigenvalue weighted by atomic mass is 35.5. The Morgan fingerprint density at radius 3 is 2.26 bits per heavy atom. The van der Waals surface area contributed by atoms with Crippen LogP contribution in [0.25, 0.3) is 17.1 Å². The van der Waals surface area contributed by atoms with Crippen LogP contribution in [0.3, 0.4) is 0 Å². The van der Waals surface area contributed by atoms with Crippen molar-refractivity contribution in [3.05, 3.63) is 71.0 Å². The molecule has 0 spiro atoms. The van der Waals surface area contributed by atoms with Crippen LogP contribution < -0.4 is 20.9 Å². The van der Waals surface area contributed by atoms with Gasteiger partial charge in [0.1, 0.15) is 0 Å². The van der Waals surface area contributed by atoms with Gasteiger partial charge in [-0.1, -0.05) is 11.6 Å². The number of piperazine rings is 2. The lowest BCUT2D eigenvalue weighted by atomic mass is 9.90. The lowest BCUT2D eigenvalue weighted by Crippen LogP contribution is -2.62. The van der Waals surface area contributed by atoms with Crippen molar-refractivity contribution >= 4 is 46.7 Å². The molecule has 21 heteroatoms. The minimum absolute atomic E-state index is 0.000124. The third-order valence-electron chi connectivity index (χ3n) is 12.5. The third-order valence-corrected chi connectivity index (χ3v) is 12.8. The topological polar surface area (TPSA) is 183 Å². The number of rotatable bonds is 11. The molecule has 330 valence electrons. The Bertz CT molecular complexity index is 2310. The van der Waals surface area contributed by atoms with Gasteiger partial charge in [0.25, 0.3) is 11.8 Å². The molecule has 7 heterocycles. The fourth-order valence-electron chi connectivity index (χ4n) is 8.97. The van der Waals surface area contributed by atoms with E-state index in [1.807, 2.05) is 0 Å². The van der Waals surface area contributed by atoms with Crippen LogP contribution in [-0.2, 0) is 22.8 Å². The second kappa shape index (κ2) is 17.7. The number of alkyl halides is 3. The molecule has 4 saturated heterocycles. The maximum Gasteiger partial charge on any atom is 0.435 e. The van der Waals surface area contributed by atoms with Crippen molar-refractivity contribution in [2.75, 3.05) is 102 Å². The number of nitrogens with zero attached hydrogens (tertiary/aromatic N) is 9. The Kier molecular flexibility index (Phi) is 12.3. The quantitative estimate of drug-likeness (QED) is 0.163. The largest absolute Gasteiger partial charge is 0.477 e. The van der Waals surface area contributed by atoms with Gasteiger partial charge < -0.3 is 44.8 Å². The van der Waals surface area contributed by atoms with E-state index in [2.05, 4.69) is 35.9 Å². The predicted molar refractivity (Wildman–Crippen MR) is 222 cm³/mol. The van der Waals surface area contributed by atoms with Crippen molar-refractivity contribution in [3.8, 4) is 17.1 Å². The summed E-state index contributed by atoms with van der Waals surface area (Å²) in [5, 5.41) is 22.7. The van der Waals surface area contributed by atoms with Crippen molar-refractivity contribution in [2.24, 2.45) is 18.9 Å². The Morgan fingerprint density at radius 1 is 0.935 bits per heavy atom. The van der Waals surface area contributed by atoms with E-state index in [1.165, 1.54) is 42.2 Å². The molecular weight excluding hydrogens is 833 g/mol. The number of imidazole rings is 1. The van der Waals surface area contributed by atoms with Crippen LogP contribution in [0.1, 0.15) is 39.5 Å². The number of carboxylic acids is 1. The number of nitrogens with one attached hydrogen (secondary N) is 3. The number of halogens is 4. The van der Waals surface area contributed by atoms with Gasteiger partial charge in [0, 0.05) is 109 Å². The minimum atomic E-state index is -4.82. The first-order chi connectivity index (χ1) is 29.7. The van der Waals surface area contributed by atoms with Gasteiger partial charge in [-0.25, -0.2) is 19.4 Å². The van der Waals surface area contributed by atoms with Crippen molar-refractivity contribution in [1.29, 1.82) is 0 Å². The summed E-state index contributed by atoms with van der Waals surface area (Å²) in [4.78, 5) is 66.3. The molecule has 62 heavy (non-hydrogen) atoms. The van der Waals surface area contributed by atoms with Crippen molar-refractivity contribution in [2.45, 2.75) is 19.0 Å². The van der Waals surface area contributed by atoms with Crippen LogP contribution in [0.15, 0.2) is 48.9 Å². The van der Waals surface area contributed by atoms with E-state index < -0.39 is 23.7 Å². The Hall–Kier alpha value is -5.57. The Morgan fingerprint density at radius 2 is 1.65 bits per heavy atom. The molecule has 4 aliphatic rings. The highest BCUT2D eigenvalue weighted by Crippen LogP contribution is 2.37. The van der Waals surface area contributed by atoms with E-state index in [9.17, 15) is 37.5 Å². The molecule has 0 radical (unpaired) electrons. The maximum absolute atomic E-state index is 14.3. The molecule has 0 atom stereocenters. The summed E-state index contributed by atoms with van der Waals surface area (Å²) in [5.41, 5.74) is -0.167. The summed E-state index contributed by atoms with van der Waals surface area (Å²) >= 11 is 6.58. The molecule has 4 aromatic rings. The monoisotopic (exact) mass is 881 g/mol. The standard InChI is InChI=1S/C41H48ClF3N12O5/c1-52-33(31-23-56(51-36(31)41(43,44)45)34-5-3-29(21-48-34)53-10-8-46-9-11-53)22-49-37(52)38(60)50-28-2-4-30(32(42)18-28)40(62)55-14-12-54(13-15-55)39(61)27-6-16-57(17-7-27,25-35(58)59)24-26-19-47-20-26/h2-5,18,21-23,26-27,46-47H,6-17,19-20,24-25H2,1H3,(H-,50,58,59,60,62)/p+1. The number of likely N-dealkylation sites (tertiary alicyclic amines) is 1. The number of anilines is 2. The summed E-state index contributed by atoms with van der Waals surface area (Å²) in [6.45, 7) is 8.47. The van der Waals surface area contributed by atoms with Gasteiger partial charge in [-0.2, -0.15) is 18.3 Å².